The summed E-state index contributed by atoms with van der Waals surface area (Å²) in [5, 5.41) is 0. The van der Waals surface area contributed by atoms with Crippen LogP contribution in [0.3, 0.4) is 0 Å². The van der Waals surface area contributed by atoms with Crippen molar-refractivity contribution in [1.29, 1.82) is 0 Å². The minimum Gasteiger partial charge on any atom is -0.464 e. The molecule has 0 radical (unpaired) electrons. The minimum atomic E-state index is -3.73. The van der Waals surface area contributed by atoms with Crippen molar-refractivity contribution >= 4 is 16.0 Å². The highest BCUT2D eigenvalue weighted by Gasteiger charge is 2.19. The van der Waals surface area contributed by atoms with E-state index >= 15 is 0 Å². The number of rotatable bonds is 3. The smallest absolute Gasteiger partial charge is 0.358 e. The molecule has 19 heavy (non-hydrogen) atoms. The predicted molar refractivity (Wildman–Crippen MR) is 67.3 cm³/mol. The van der Waals surface area contributed by atoms with Gasteiger partial charge in [-0.2, -0.15) is 0 Å². The number of hydrogen-bond acceptors (Lipinski definition) is 5. The van der Waals surface area contributed by atoms with Gasteiger partial charge in [0.25, 0.3) is 10.0 Å². The highest BCUT2D eigenvalue weighted by Crippen LogP contribution is 2.15. The Morgan fingerprint density at radius 2 is 1.89 bits per heavy atom. The largest absolute Gasteiger partial charge is 0.464 e. The molecule has 2 rings (SSSR count). The summed E-state index contributed by atoms with van der Waals surface area (Å²) in [6.45, 7) is 1.86. The lowest BCUT2D eigenvalue weighted by Crippen LogP contribution is -2.11. The number of ether oxygens (including phenoxy) is 1. The van der Waals surface area contributed by atoms with E-state index in [1.165, 1.54) is 19.2 Å². The second-order valence-corrected chi connectivity index (χ2v) is 5.74. The Labute approximate surface area is 110 Å². The van der Waals surface area contributed by atoms with E-state index in [-0.39, 0.29) is 10.6 Å². The van der Waals surface area contributed by atoms with Gasteiger partial charge in [0.1, 0.15) is 6.33 Å². The summed E-state index contributed by atoms with van der Waals surface area (Å²) in [5.41, 5.74) is 0.901. The van der Waals surface area contributed by atoms with E-state index in [1.54, 1.807) is 12.1 Å². The lowest BCUT2D eigenvalue weighted by Gasteiger charge is -2.04. The van der Waals surface area contributed by atoms with Gasteiger partial charge in [-0.3, -0.25) is 0 Å². The Hall–Kier alpha value is -2.15. The van der Waals surface area contributed by atoms with E-state index in [0.717, 1.165) is 22.1 Å². The molecule has 0 atom stereocenters. The second kappa shape index (κ2) is 4.85. The Kier molecular flexibility index (Phi) is 3.39. The molecule has 0 aliphatic rings. The van der Waals surface area contributed by atoms with Crippen LogP contribution in [0.5, 0.6) is 0 Å². The molecule has 0 aliphatic heterocycles. The fourth-order valence-electron chi connectivity index (χ4n) is 1.48. The molecule has 7 heteroatoms. The quantitative estimate of drug-likeness (QED) is 0.790. The van der Waals surface area contributed by atoms with Gasteiger partial charge < -0.3 is 4.74 Å². The summed E-state index contributed by atoms with van der Waals surface area (Å²) >= 11 is 0. The van der Waals surface area contributed by atoms with E-state index in [0.29, 0.717) is 0 Å². The molecule has 0 saturated heterocycles. The van der Waals surface area contributed by atoms with Gasteiger partial charge in [-0.25, -0.2) is 22.2 Å². The van der Waals surface area contributed by atoms with Gasteiger partial charge in [-0.1, -0.05) is 17.7 Å². The molecule has 6 nitrogen and oxygen atoms in total. The molecule has 1 heterocycles. The van der Waals surface area contributed by atoms with E-state index in [2.05, 4.69) is 9.72 Å². The first kappa shape index (κ1) is 13.3. The third-order valence-corrected chi connectivity index (χ3v) is 4.17. The van der Waals surface area contributed by atoms with Crippen LogP contribution in [0.1, 0.15) is 16.1 Å². The lowest BCUT2D eigenvalue weighted by molar-refractivity contribution is 0.0594. The van der Waals surface area contributed by atoms with Crippen molar-refractivity contribution in [2.75, 3.05) is 7.11 Å². The van der Waals surface area contributed by atoms with E-state index in [9.17, 15) is 13.2 Å². The number of nitrogens with zero attached hydrogens (tertiary/aromatic N) is 2. The van der Waals surface area contributed by atoms with Crippen LogP contribution in [-0.2, 0) is 14.8 Å². The number of methoxy groups -OCH3 is 1. The van der Waals surface area contributed by atoms with E-state index in [1.807, 2.05) is 6.92 Å². The molecule has 0 N–H and O–H groups in total. The Balaban J connectivity index is 2.42. The third kappa shape index (κ3) is 2.50. The topological polar surface area (TPSA) is 78.3 Å². The molecule has 100 valence electrons. The van der Waals surface area contributed by atoms with Gasteiger partial charge in [0.15, 0.2) is 5.69 Å². The number of benzene rings is 1. The van der Waals surface area contributed by atoms with E-state index < -0.39 is 16.0 Å². The zero-order valence-corrected chi connectivity index (χ0v) is 11.2. The van der Waals surface area contributed by atoms with Crippen LogP contribution < -0.4 is 0 Å². The third-order valence-electron chi connectivity index (χ3n) is 2.55. The molecular formula is C12H12N2O4S. The molecule has 0 saturated carbocycles. The molecule has 0 bridgehead atoms. The molecule has 1 aromatic carbocycles. The monoisotopic (exact) mass is 280 g/mol. The molecule has 0 fully saturated rings. The SMILES string of the molecule is COC(=O)c1cn(S(=O)(=O)c2ccc(C)cc2)cn1. The molecule has 1 aromatic heterocycles. The maximum Gasteiger partial charge on any atom is 0.358 e. The molecule has 0 spiro atoms. The molecular weight excluding hydrogens is 268 g/mol. The highest BCUT2D eigenvalue weighted by atomic mass is 32.2. The van der Waals surface area contributed by atoms with Crippen molar-refractivity contribution in [2.24, 2.45) is 0 Å². The molecule has 0 amide bonds. The standard InChI is InChI=1S/C12H12N2O4S/c1-9-3-5-10(6-4-9)19(16,17)14-7-11(13-8-14)12(15)18-2/h3-8H,1-2H3. The maximum atomic E-state index is 12.2. The van der Waals surface area contributed by atoms with Crippen molar-refractivity contribution < 1.29 is 17.9 Å². The Bertz CT molecular complexity index is 702. The predicted octanol–water partition coefficient (Wildman–Crippen LogP) is 1.22. The van der Waals surface area contributed by atoms with Gasteiger partial charge in [0.05, 0.1) is 18.2 Å². The minimum absolute atomic E-state index is 0.0572. The summed E-state index contributed by atoms with van der Waals surface area (Å²) in [6.07, 6.45) is 2.20. The number of carbonyl (C=O) groups excluding carboxylic acids is 1. The number of esters is 1. The maximum absolute atomic E-state index is 12.2. The van der Waals surface area contributed by atoms with Crippen LogP contribution in [-0.4, -0.2) is 30.5 Å². The van der Waals surface area contributed by atoms with Crippen LogP contribution in [0.25, 0.3) is 0 Å². The van der Waals surface area contributed by atoms with Crippen molar-refractivity contribution in [3.05, 3.63) is 48.0 Å². The lowest BCUT2D eigenvalue weighted by atomic mass is 10.2. The summed E-state index contributed by atoms with van der Waals surface area (Å²) in [7, 11) is -2.53. The zero-order chi connectivity index (χ0) is 14.0. The van der Waals surface area contributed by atoms with Gasteiger partial charge in [0, 0.05) is 0 Å². The summed E-state index contributed by atoms with van der Waals surface area (Å²) in [4.78, 5) is 15.1. The molecule has 0 aliphatic carbocycles. The highest BCUT2D eigenvalue weighted by molar-refractivity contribution is 7.90. The van der Waals surface area contributed by atoms with Crippen molar-refractivity contribution in [2.45, 2.75) is 11.8 Å². The number of aryl methyl sites for hydroxylation is 1. The van der Waals surface area contributed by atoms with Gasteiger partial charge in [0.2, 0.25) is 0 Å². The van der Waals surface area contributed by atoms with E-state index in [4.69, 9.17) is 0 Å². The summed E-state index contributed by atoms with van der Waals surface area (Å²) in [5.74, 6) is -0.683. The Morgan fingerprint density at radius 1 is 1.26 bits per heavy atom. The normalized spacial score (nSPS) is 11.3. The van der Waals surface area contributed by atoms with Gasteiger partial charge >= 0.3 is 5.97 Å². The van der Waals surface area contributed by atoms with Crippen LogP contribution in [0.15, 0.2) is 41.7 Å². The van der Waals surface area contributed by atoms with Crippen LogP contribution in [0, 0.1) is 6.92 Å². The fourth-order valence-corrected chi connectivity index (χ4v) is 2.61. The van der Waals surface area contributed by atoms with Crippen LogP contribution in [0.2, 0.25) is 0 Å². The van der Waals surface area contributed by atoms with Crippen LogP contribution in [0.4, 0.5) is 0 Å². The number of carbonyl (C=O) groups is 1. The average Bonchev–Trinajstić information content (AvgIpc) is 2.88. The molecule has 0 unspecified atom stereocenters. The molecule has 2 aromatic rings. The summed E-state index contributed by atoms with van der Waals surface area (Å²) in [6, 6.07) is 6.40. The number of imidazole rings is 1. The second-order valence-electron chi connectivity index (χ2n) is 3.90. The average molecular weight is 280 g/mol. The first-order valence-electron chi connectivity index (χ1n) is 5.39. The van der Waals surface area contributed by atoms with Crippen molar-refractivity contribution in [1.82, 2.24) is 8.96 Å². The first-order chi connectivity index (χ1) is 8.95. The van der Waals surface area contributed by atoms with Crippen molar-refractivity contribution in [3.8, 4) is 0 Å². The summed E-state index contributed by atoms with van der Waals surface area (Å²) < 4.78 is 29.8. The zero-order valence-electron chi connectivity index (χ0n) is 10.4. The number of aromatic nitrogens is 2. The number of hydrogen-bond donors (Lipinski definition) is 0. The first-order valence-corrected chi connectivity index (χ1v) is 6.83. The Morgan fingerprint density at radius 3 is 2.47 bits per heavy atom. The fraction of sp³-hybridized carbons (Fsp3) is 0.167. The van der Waals surface area contributed by atoms with Gasteiger partial charge in [-0.05, 0) is 19.1 Å². The van der Waals surface area contributed by atoms with Crippen LogP contribution >= 0.6 is 0 Å². The van der Waals surface area contributed by atoms with Crippen molar-refractivity contribution in [3.63, 3.8) is 0 Å². The van der Waals surface area contributed by atoms with Gasteiger partial charge in [-0.15, -0.1) is 0 Å².